The molecule has 3 nitrogen and oxygen atoms in total. The van der Waals surface area contributed by atoms with Gasteiger partial charge >= 0.3 is 0 Å². The van der Waals surface area contributed by atoms with Crippen LogP contribution in [0.3, 0.4) is 0 Å². The van der Waals surface area contributed by atoms with Crippen LogP contribution in [0.15, 0.2) is 29.4 Å². The van der Waals surface area contributed by atoms with E-state index in [1.165, 1.54) is 0 Å². The van der Waals surface area contributed by atoms with Crippen LogP contribution in [0.5, 0.6) is 5.75 Å². The fourth-order valence-electron chi connectivity index (χ4n) is 0.947. The van der Waals surface area contributed by atoms with Crippen molar-refractivity contribution < 1.29 is 5.11 Å². The zero-order valence-corrected chi connectivity index (χ0v) is 8.57. The molecule has 1 aromatic carbocycles. The molecule has 1 rings (SSSR count). The van der Waals surface area contributed by atoms with Gasteiger partial charge in [0.2, 0.25) is 0 Å². The molecule has 2 N–H and O–H groups in total. The summed E-state index contributed by atoms with van der Waals surface area (Å²) in [6.45, 7) is 5.06. The first-order valence-corrected chi connectivity index (χ1v) is 4.74. The molecule has 3 heteroatoms. The third-order valence-electron chi connectivity index (χ3n) is 1.73. The topological polar surface area (TPSA) is 44.6 Å². The predicted molar refractivity (Wildman–Crippen MR) is 58.5 cm³/mol. The number of phenolic OH excluding ortho intramolecular Hbond substituents is 1. The van der Waals surface area contributed by atoms with E-state index in [1.54, 1.807) is 18.3 Å². The molecular weight excluding hydrogens is 176 g/mol. The Morgan fingerprint density at radius 2 is 2.14 bits per heavy atom. The van der Waals surface area contributed by atoms with Crippen molar-refractivity contribution in [1.82, 2.24) is 5.43 Å². The standard InChI is InChI=1S/C11H16N2O/c1-9(2)7-12-13-8-10-5-3-4-6-11(10)14/h3-6,8-9,12,14H,7H2,1-2H3/b13-8+. The summed E-state index contributed by atoms with van der Waals surface area (Å²) < 4.78 is 0. The van der Waals surface area contributed by atoms with Crippen LogP contribution in [-0.2, 0) is 0 Å². The normalized spacial score (nSPS) is 11.1. The van der Waals surface area contributed by atoms with E-state index >= 15 is 0 Å². The summed E-state index contributed by atoms with van der Waals surface area (Å²) in [4.78, 5) is 0. The lowest BCUT2D eigenvalue weighted by Crippen LogP contribution is -2.13. The Morgan fingerprint density at radius 3 is 2.79 bits per heavy atom. The summed E-state index contributed by atoms with van der Waals surface area (Å²) in [5.41, 5.74) is 3.64. The predicted octanol–water partition coefficient (Wildman–Crippen LogP) is 1.97. The molecule has 0 atom stereocenters. The third kappa shape index (κ3) is 3.47. The number of aromatic hydroxyl groups is 1. The van der Waals surface area contributed by atoms with Crippen LogP contribution in [0, 0.1) is 5.92 Å². The van der Waals surface area contributed by atoms with Crippen LogP contribution in [0.4, 0.5) is 0 Å². The number of rotatable bonds is 4. The SMILES string of the molecule is CC(C)CN/N=C/c1ccccc1O. The van der Waals surface area contributed by atoms with Crippen LogP contribution in [0.25, 0.3) is 0 Å². The van der Waals surface area contributed by atoms with E-state index in [0.717, 1.165) is 12.1 Å². The summed E-state index contributed by atoms with van der Waals surface area (Å²) in [5.74, 6) is 0.819. The van der Waals surface area contributed by atoms with E-state index in [-0.39, 0.29) is 5.75 Å². The summed E-state index contributed by atoms with van der Waals surface area (Å²) in [7, 11) is 0. The molecule has 0 aliphatic rings. The zero-order chi connectivity index (χ0) is 10.4. The molecule has 0 spiro atoms. The molecule has 0 fully saturated rings. The summed E-state index contributed by atoms with van der Waals surface area (Å²) in [6.07, 6.45) is 1.62. The molecule has 76 valence electrons. The zero-order valence-electron chi connectivity index (χ0n) is 8.57. The van der Waals surface area contributed by atoms with Crippen molar-refractivity contribution in [2.75, 3.05) is 6.54 Å². The lowest BCUT2D eigenvalue weighted by Gasteiger charge is -2.02. The number of para-hydroxylation sites is 1. The highest BCUT2D eigenvalue weighted by Gasteiger charge is 1.94. The minimum atomic E-state index is 0.252. The summed E-state index contributed by atoms with van der Waals surface area (Å²) in [6, 6.07) is 7.11. The molecule has 0 aromatic heterocycles. The van der Waals surface area contributed by atoms with Gasteiger partial charge in [-0.3, -0.25) is 0 Å². The quantitative estimate of drug-likeness (QED) is 0.566. The number of hydrogen-bond acceptors (Lipinski definition) is 3. The molecule has 0 amide bonds. The highest BCUT2D eigenvalue weighted by atomic mass is 16.3. The molecule has 0 aliphatic carbocycles. The highest BCUT2D eigenvalue weighted by molar-refractivity contribution is 5.82. The first-order valence-electron chi connectivity index (χ1n) is 4.74. The van der Waals surface area contributed by atoms with Crippen LogP contribution in [-0.4, -0.2) is 17.9 Å². The Labute approximate surface area is 84.5 Å². The molecular formula is C11H16N2O. The van der Waals surface area contributed by atoms with E-state index in [4.69, 9.17) is 0 Å². The van der Waals surface area contributed by atoms with Gasteiger partial charge in [0.1, 0.15) is 5.75 Å². The number of phenols is 1. The Kier molecular flexibility index (Phi) is 3.98. The van der Waals surface area contributed by atoms with Gasteiger partial charge in [-0.05, 0) is 18.1 Å². The van der Waals surface area contributed by atoms with Crippen LogP contribution >= 0.6 is 0 Å². The van der Waals surface area contributed by atoms with E-state index in [9.17, 15) is 5.11 Å². The average Bonchev–Trinajstić information content (AvgIpc) is 2.15. The smallest absolute Gasteiger partial charge is 0.124 e. The van der Waals surface area contributed by atoms with Crippen molar-refractivity contribution in [3.05, 3.63) is 29.8 Å². The van der Waals surface area contributed by atoms with E-state index < -0.39 is 0 Å². The first-order chi connectivity index (χ1) is 6.70. The molecule has 0 saturated heterocycles. The van der Waals surface area contributed by atoms with E-state index in [1.807, 2.05) is 12.1 Å². The van der Waals surface area contributed by atoms with Crippen LogP contribution < -0.4 is 5.43 Å². The second kappa shape index (κ2) is 5.27. The summed E-state index contributed by atoms with van der Waals surface area (Å²) >= 11 is 0. The third-order valence-corrected chi connectivity index (χ3v) is 1.73. The molecule has 0 aliphatic heterocycles. The summed E-state index contributed by atoms with van der Waals surface area (Å²) in [5, 5.41) is 13.4. The second-order valence-corrected chi connectivity index (χ2v) is 3.57. The Balaban J connectivity index is 2.48. The molecule has 0 radical (unpaired) electrons. The Bertz CT molecular complexity index is 308. The molecule has 0 bridgehead atoms. The Hall–Kier alpha value is -1.51. The van der Waals surface area contributed by atoms with Gasteiger partial charge in [-0.1, -0.05) is 26.0 Å². The Morgan fingerprint density at radius 1 is 1.43 bits per heavy atom. The van der Waals surface area contributed by atoms with Gasteiger partial charge in [-0.2, -0.15) is 5.10 Å². The lowest BCUT2D eigenvalue weighted by molar-refractivity contribution is 0.474. The lowest BCUT2D eigenvalue weighted by atomic mass is 10.2. The molecule has 14 heavy (non-hydrogen) atoms. The molecule has 0 unspecified atom stereocenters. The first kappa shape index (κ1) is 10.6. The largest absolute Gasteiger partial charge is 0.507 e. The van der Waals surface area contributed by atoms with E-state index in [0.29, 0.717) is 5.92 Å². The monoisotopic (exact) mass is 192 g/mol. The number of hydrazone groups is 1. The molecule has 1 aromatic rings. The fraction of sp³-hybridized carbons (Fsp3) is 0.364. The van der Waals surface area contributed by atoms with Crippen molar-refractivity contribution in [2.45, 2.75) is 13.8 Å². The second-order valence-electron chi connectivity index (χ2n) is 3.57. The van der Waals surface area contributed by atoms with Gasteiger partial charge < -0.3 is 10.5 Å². The van der Waals surface area contributed by atoms with Gasteiger partial charge in [0.05, 0.1) is 6.21 Å². The maximum Gasteiger partial charge on any atom is 0.124 e. The van der Waals surface area contributed by atoms with Crippen molar-refractivity contribution in [3.63, 3.8) is 0 Å². The van der Waals surface area contributed by atoms with Crippen molar-refractivity contribution in [1.29, 1.82) is 0 Å². The maximum absolute atomic E-state index is 9.40. The molecule has 0 heterocycles. The van der Waals surface area contributed by atoms with E-state index in [2.05, 4.69) is 24.4 Å². The number of nitrogens with one attached hydrogen (secondary N) is 1. The van der Waals surface area contributed by atoms with Gasteiger partial charge in [0.15, 0.2) is 0 Å². The van der Waals surface area contributed by atoms with Gasteiger partial charge in [0.25, 0.3) is 0 Å². The van der Waals surface area contributed by atoms with Crippen LogP contribution in [0.2, 0.25) is 0 Å². The fourth-order valence-corrected chi connectivity index (χ4v) is 0.947. The van der Waals surface area contributed by atoms with Gasteiger partial charge in [-0.25, -0.2) is 0 Å². The number of benzene rings is 1. The number of hydrogen-bond donors (Lipinski definition) is 2. The average molecular weight is 192 g/mol. The molecule has 0 saturated carbocycles. The number of nitrogens with zero attached hydrogens (tertiary/aromatic N) is 1. The maximum atomic E-state index is 9.40. The van der Waals surface area contributed by atoms with Gasteiger partial charge in [0, 0.05) is 12.1 Å². The minimum Gasteiger partial charge on any atom is -0.507 e. The highest BCUT2D eigenvalue weighted by Crippen LogP contribution is 2.12. The van der Waals surface area contributed by atoms with Crippen LogP contribution in [0.1, 0.15) is 19.4 Å². The van der Waals surface area contributed by atoms with Crippen molar-refractivity contribution in [2.24, 2.45) is 11.0 Å². The van der Waals surface area contributed by atoms with Gasteiger partial charge in [-0.15, -0.1) is 0 Å². The van der Waals surface area contributed by atoms with Crippen molar-refractivity contribution >= 4 is 6.21 Å². The minimum absolute atomic E-state index is 0.252. The van der Waals surface area contributed by atoms with Crippen molar-refractivity contribution in [3.8, 4) is 5.75 Å².